The Bertz CT molecular complexity index is 837. The molecule has 0 aromatic heterocycles. The summed E-state index contributed by atoms with van der Waals surface area (Å²) < 4.78 is 6.02. The second-order valence-electron chi connectivity index (χ2n) is 5.86. The van der Waals surface area contributed by atoms with Gasteiger partial charge in [0.1, 0.15) is 11.9 Å². The first-order chi connectivity index (χ1) is 11.0. The van der Waals surface area contributed by atoms with Gasteiger partial charge >= 0.3 is 5.97 Å². The van der Waals surface area contributed by atoms with Crippen LogP contribution in [0.3, 0.4) is 0 Å². The van der Waals surface area contributed by atoms with E-state index in [-0.39, 0.29) is 5.92 Å². The minimum atomic E-state index is -0.966. The second-order valence-corrected chi connectivity index (χ2v) is 6.71. The first-order valence-corrected chi connectivity index (χ1v) is 7.97. The molecule has 2 heterocycles. The van der Waals surface area contributed by atoms with Gasteiger partial charge in [-0.15, -0.1) is 0 Å². The van der Waals surface area contributed by atoms with Crippen molar-refractivity contribution >= 4 is 34.9 Å². The number of halogens is 2. The molecule has 2 aromatic carbocycles. The largest absolute Gasteiger partial charge is 0.486 e. The molecule has 4 nitrogen and oxygen atoms in total. The van der Waals surface area contributed by atoms with Crippen molar-refractivity contribution in [2.45, 2.75) is 25.0 Å². The number of hydrogen-bond donors (Lipinski definition) is 2. The van der Waals surface area contributed by atoms with Crippen molar-refractivity contribution in [2.24, 2.45) is 0 Å². The summed E-state index contributed by atoms with van der Waals surface area (Å²) in [5.74, 6) is -0.450. The van der Waals surface area contributed by atoms with Gasteiger partial charge in [0.15, 0.2) is 6.04 Å². The van der Waals surface area contributed by atoms with E-state index in [1.54, 1.807) is 12.1 Å². The summed E-state index contributed by atoms with van der Waals surface area (Å²) in [6.45, 7) is 1.95. The van der Waals surface area contributed by atoms with Gasteiger partial charge in [-0.1, -0.05) is 41.4 Å². The van der Waals surface area contributed by atoms with E-state index in [4.69, 9.17) is 27.9 Å². The van der Waals surface area contributed by atoms with Gasteiger partial charge in [-0.25, -0.2) is 4.79 Å². The Kier molecular flexibility index (Phi) is 3.22. The van der Waals surface area contributed by atoms with Crippen molar-refractivity contribution in [1.82, 2.24) is 0 Å². The molecule has 0 saturated carbocycles. The third-order valence-electron chi connectivity index (χ3n) is 4.47. The molecule has 23 heavy (non-hydrogen) atoms. The molecule has 2 N–H and O–H groups in total. The Hall–Kier alpha value is -1.91. The van der Waals surface area contributed by atoms with Crippen molar-refractivity contribution in [2.75, 3.05) is 5.32 Å². The van der Waals surface area contributed by atoms with Crippen LogP contribution in [0, 0.1) is 6.92 Å². The van der Waals surface area contributed by atoms with E-state index in [9.17, 15) is 9.90 Å². The smallest absolute Gasteiger partial charge is 0.330 e. The summed E-state index contributed by atoms with van der Waals surface area (Å²) in [7, 11) is 0. The van der Waals surface area contributed by atoms with Crippen LogP contribution in [0.25, 0.3) is 0 Å². The van der Waals surface area contributed by atoms with Crippen LogP contribution in [-0.2, 0) is 4.79 Å². The Labute approximate surface area is 143 Å². The lowest BCUT2D eigenvalue weighted by Gasteiger charge is -2.34. The van der Waals surface area contributed by atoms with Gasteiger partial charge in [0, 0.05) is 26.9 Å². The maximum atomic E-state index is 11.7. The molecule has 0 fully saturated rings. The summed E-state index contributed by atoms with van der Waals surface area (Å²) in [5, 5.41) is 13.6. The first-order valence-electron chi connectivity index (χ1n) is 7.22. The molecule has 2 aliphatic heterocycles. The molecule has 3 atom stereocenters. The standard InChI is InChI=1S/C17H13Cl2NO3/c1-7-3-2-4-9-12-13-10(19)5-8(18)6-11(13)20-14(17(21)22)16(12)23-15(7)9/h2-6,12,14,16,20H,1H3,(H,21,22). The average Bonchev–Trinajstić information content (AvgIpc) is 2.86. The fourth-order valence-electron chi connectivity index (χ4n) is 3.51. The van der Waals surface area contributed by atoms with E-state index in [1.165, 1.54) is 0 Å². The maximum Gasteiger partial charge on any atom is 0.330 e. The van der Waals surface area contributed by atoms with E-state index in [1.807, 2.05) is 25.1 Å². The normalized spacial score (nSPS) is 24.0. The molecule has 3 unspecified atom stereocenters. The van der Waals surface area contributed by atoms with Crippen molar-refractivity contribution < 1.29 is 14.6 Å². The number of rotatable bonds is 1. The molecule has 4 rings (SSSR count). The lowest BCUT2D eigenvalue weighted by molar-refractivity contribution is -0.140. The Morgan fingerprint density at radius 1 is 1.30 bits per heavy atom. The second kappa shape index (κ2) is 5.05. The fraction of sp³-hybridized carbons (Fsp3) is 0.235. The SMILES string of the molecule is Cc1cccc2c1OC1C(C(=O)O)Nc3cc(Cl)cc(Cl)c3C21. The van der Waals surface area contributed by atoms with E-state index in [0.29, 0.717) is 15.7 Å². The molecule has 0 aliphatic carbocycles. The van der Waals surface area contributed by atoms with E-state index in [2.05, 4.69) is 5.32 Å². The number of hydrogen-bond acceptors (Lipinski definition) is 3. The van der Waals surface area contributed by atoms with Crippen LogP contribution in [0.1, 0.15) is 22.6 Å². The Morgan fingerprint density at radius 2 is 2.09 bits per heavy atom. The summed E-state index contributed by atoms with van der Waals surface area (Å²) in [4.78, 5) is 11.7. The third kappa shape index (κ3) is 2.09. The number of aryl methyl sites for hydroxylation is 1. The molecule has 0 spiro atoms. The number of aliphatic carboxylic acids is 1. The van der Waals surface area contributed by atoms with E-state index in [0.717, 1.165) is 22.4 Å². The third-order valence-corrected chi connectivity index (χ3v) is 5.00. The van der Waals surface area contributed by atoms with E-state index >= 15 is 0 Å². The van der Waals surface area contributed by atoms with E-state index < -0.39 is 18.1 Å². The molecule has 0 bridgehead atoms. The summed E-state index contributed by atoms with van der Waals surface area (Å²) in [6.07, 6.45) is -0.547. The predicted octanol–water partition coefficient (Wildman–Crippen LogP) is 4.07. The van der Waals surface area contributed by atoms with Gasteiger partial charge in [-0.2, -0.15) is 0 Å². The van der Waals surface area contributed by atoms with Gasteiger partial charge in [-0.05, 0) is 24.6 Å². The molecule has 2 aromatic rings. The number of para-hydroxylation sites is 1. The quantitative estimate of drug-likeness (QED) is 0.814. The van der Waals surface area contributed by atoms with Crippen molar-refractivity contribution in [1.29, 1.82) is 0 Å². The highest BCUT2D eigenvalue weighted by Gasteiger charge is 2.49. The van der Waals surface area contributed by atoms with Crippen LogP contribution in [-0.4, -0.2) is 23.2 Å². The summed E-state index contributed by atoms with van der Waals surface area (Å²) in [5.41, 5.74) is 3.43. The number of fused-ring (bicyclic) bond motifs is 5. The van der Waals surface area contributed by atoms with Gasteiger partial charge in [-0.3, -0.25) is 0 Å². The van der Waals surface area contributed by atoms with Crippen LogP contribution in [0.4, 0.5) is 5.69 Å². The van der Waals surface area contributed by atoms with Crippen molar-refractivity contribution in [3.8, 4) is 5.75 Å². The predicted molar refractivity (Wildman–Crippen MR) is 88.9 cm³/mol. The number of carbonyl (C=O) groups is 1. The van der Waals surface area contributed by atoms with Crippen molar-refractivity contribution in [3.63, 3.8) is 0 Å². The van der Waals surface area contributed by atoms with Gasteiger partial charge in [0.2, 0.25) is 0 Å². The Balaban J connectivity index is 1.98. The molecular formula is C17H13Cl2NO3. The first kappa shape index (κ1) is 14.7. The lowest BCUT2D eigenvalue weighted by atomic mass is 9.81. The number of ether oxygens (including phenoxy) is 1. The zero-order chi connectivity index (χ0) is 16.3. The highest BCUT2D eigenvalue weighted by molar-refractivity contribution is 6.35. The highest BCUT2D eigenvalue weighted by atomic mass is 35.5. The van der Waals surface area contributed by atoms with Gasteiger partial charge in [0.05, 0.1) is 5.92 Å². The molecule has 0 radical (unpaired) electrons. The van der Waals surface area contributed by atoms with Crippen LogP contribution in [0.2, 0.25) is 10.0 Å². The summed E-state index contributed by atoms with van der Waals surface area (Å²) >= 11 is 12.5. The monoisotopic (exact) mass is 349 g/mol. The number of carboxylic acid groups (broad SMARTS) is 1. The minimum Gasteiger partial charge on any atom is -0.486 e. The zero-order valence-corrected chi connectivity index (χ0v) is 13.7. The zero-order valence-electron chi connectivity index (χ0n) is 12.1. The number of nitrogens with one attached hydrogen (secondary N) is 1. The fourth-order valence-corrected chi connectivity index (χ4v) is 4.13. The molecule has 6 heteroatoms. The summed E-state index contributed by atoms with van der Waals surface area (Å²) in [6, 6.07) is 8.38. The Morgan fingerprint density at radius 3 is 2.83 bits per heavy atom. The molecule has 0 amide bonds. The van der Waals surface area contributed by atoms with Crippen LogP contribution in [0.15, 0.2) is 30.3 Å². The average molecular weight is 350 g/mol. The molecule has 118 valence electrons. The number of anilines is 1. The molecule has 0 saturated heterocycles. The van der Waals surface area contributed by atoms with Gasteiger partial charge < -0.3 is 15.2 Å². The van der Waals surface area contributed by atoms with Crippen LogP contribution in [0.5, 0.6) is 5.75 Å². The van der Waals surface area contributed by atoms with Crippen molar-refractivity contribution in [3.05, 3.63) is 57.1 Å². The molecule has 2 aliphatic rings. The van der Waals surface area contributed by atoms with Gasteiger partial charge in [0.25, 0.3) is 0 Å². The topological polar surface area (TPSA) is 58.6 Å². The number of benzene rings is 2. The maximum absolute atomic E-state index is 11.7. The van der Waals surface area contributed by atoms with Crippen LogP contribution < -0.4 is 10.1 Å². The number of carboxylic acids is 1. The lowest BCUT2D eigenvalue weighted by Crippen LogP contribution is -2.48. The highest BCUT2D eigenvalue weighted by Crippen LogP contribution is 2.52. The molecular weight excluding hydrogens is 337 g/mol. The minimum absolute atomic E-state index is 0.230. The van der Waals surface area contributed by atoms with Crippen LogP contribution >= 0.6 is 23.2 Å².